The molecule has 1 saturated carbocycles. The first-order valence-electron chi connectivity index (χ1n) is 17.2. The molecular weight excluding hydrogens is 664 g/mol. The van der Waals surface area contributed by atoms with Gasteiger partial charge in [0.2, 0.25) is 5.91 Å². The lowest BCUT2D eigenvalue weighted by Gasteiger charge is -2.46. The number of methoxy groups -OCH3 is 1. The number of carbonyl (C=O) groups excluding carboxylic acids is 2. The van der Waals surface area contributed by atoms with Crippen molar-refractivity contribution in [3.8, 4) is 5.75 Å². The molecule has 260 valence electrons. The van der Waals surface area contributed by atoms with Crippen molar-refractivity contribution in [2.75, 3.05) is 37.5 Å². The zero-order valence-corrected chi connectivity index (χ0v) is 29.3. The molecule has 0 radical (unpaired) electrons. The van der Waals surface area contributed by atoms with Crippen LogP contribution < -0.4 is 14.4 Å². The van der Waals surface area contributed by atoms with Crippen molar-refractivity contribution in [3.63, 3.8) is 0 Å². The van der Waals surface area contributed by atoms with E-state index >= 15 is 0 Å². The fourth-order valence-electron chi connectivity index (χ4n) is 7.95. The molecule has 1 fully saturated rings. The van der Waals surface area contributed by atoms with Crippen LogP contribution in [-0.4, -0.2) is 59.8 Å². The summed E-state index contributed by atoms with van der Waals surface area (Å²) in [5.41, 5.74) is 4.02. The van der Waals surface area contributed by atoms with Crippen LogP contribution >= 0.6 is 11.6 Å². The summed E-state index contributed by atoms with van der Waals surface area (Å²) in [5.74, 6) is 0.388. The van der Waals surface area contributed by atoms with Crippen LogP contribution in [0.3, 0.4) is 0 Å². The smallest absolute Gasteiger partial charge is 0.286 e. The molecule has 7 rings (SSSR count). The van der Waals surface area contributed by atoms with Gasteiger partial charge in [-0.2, -0.15) is 0 Å². The Balaban J connectivity index is 1.25. The number of aromatic nitrogens is 1. The maximum Gasteiger partial charge on any atom is 0.286 e. The summed E-state index contributed by atoms with van der Waals surface area (Å²) in [6.45, 7) is 2.01. The van der Waals surface area contributed by atoms with Crippen LogP contribution in [0.4, 0.5) is 5.69 Å². The fraction of sp³-hybridized carbons (Fsp3) is 0.486. The van der Waals surface area contributed by atoms with Gasteiger partial charge in [0.1, 0.15) is 21.9 Å². The molecule has 1 unspecified atom stereocenters. The molecule has 0 saturated heterocycles. The summed E-state index contributed by atoms with van der Waals surface area (Å²) in [5, 5.41) is 4.58. The van der Waals surface area contributed by atoms with Crippen molar-refractivity contribution in [2.24, 2.45) is 16.2 Å². The summed E-state index contributed by atoms with van der Waals surface area (Å²) in [4.78, 5) is 29.1. The predicted octanol–water partition coefficient (Wildman–Crippen LogP) is 6.46. The Labute approximate surface area is 292 Å². The Bertz CT molecular complexity index is 1850. The number of hydrogen-bond donors (Lipinski definition) is 1. The standard InChI is InChI=1S/C37H43ClN4O6S/c1-46-33-7-3-2-4-19-49(45,40-35(43)15-11-29-16-18-48-39-29)41-36(44)26-9-14-34-32(21-26)42(22-27-8-12-30(27)33)23-37(24-47-34)17-5-6-25-20-28(38)10-13-31(25)37/h3,7,9-10,13-14,16,18,20-21,27,30,33H,2,4-6,8,11-12,15,17,19,22-24H2,1H3,(H,40,41,43,44,45)/b7-3-/t27-,30+,33-,37-,49?/m0/s1. The number of halogens is 1. The molecule has 2 aromatic carbocycles. The molecule has 49 heavy (non-hydrogen) atoms. The third-order valence-electron chi connectivity index (χ3n) is 10.6. The van der Waals surface area contributed by atoms with Crippen LogP contribution in [0.25, 0.3) is 0 Å². The van der Waals surface area contributed by atoms with E-state index in [0.717, 1.165) is 55.9 Å². The number of aryl methyl sites for hydroxylation is 2. The van der Waals surface area contributed by atoms with E-state index in [1.54, 1.807) is 19.2 Å². The first-order valence-corrected chi connectivity index (χ1v) is 19.3. The molecule has 2 aliphatic carbocycles. The van der Waals surface area contributed by atoms with Crippen molar-refractivity contribution >= 4 is 39.0 Å². The molecule has 2 amide bonds. The molecule has 1 spiro atoms. The first-order chi connectivity index (χ1) is 23.7. The van der Waals surface area contributed by atoms with Gasteiger partial charge in [0.05, 0.1) is 29.8 Å². The minimum Gasteiger partial charge on any atom is -0.490 e. The SMILES string of the molecule is CO[C@H]1/C=C\CCCS(=O)(NC(=O)CCc2ccon2)=NC(=O)c2ccc3c(c2)N(C[C@@H]2CC[C@H]21)C[C@@]1(CCCc2cc(Cl)ccc21)CO3. The van der Waals surface area contributed by atoms with Crippen LogP contribution in [0.5, 0.6) is 5.75 Å². The lowest BCUT2D eigenvalue weighted by atomic mass is 9.68. The van der Waals surface area contributed by atoms with Gasteiger partial charge in [-0.1, -0.05) is 35.0 Å². The van der Waals surface area contributed by atoms with Gasteiger partial charge in [-0.15, -0.1) is 4.36 Å². The maximum absolute atomic E-state index is 14.2. The minimum atomic E-state index is -3.42. The number of fused-ring (bicyclic) bond motifs is 4. The highest BCUT2D eigenvalue weighted by Gasteiger charge is 2.44. The monoisotopic (exact) mass is 706 g/mol. The third-order valence-corrected chi connectivity index (χ3v) is 12.7. The van der Waals surface area contributed by atoms with Gasteiger partial charge in [-0.3, -0.25) is 14.3 Å². The first kappa shape index (κ1) is 33.8. The van der Waals surface area contributed by atoms with E-state index in [-0.39, 0.29) is 23.7 Å². The number of rotatable bonds is 5. The number of nitrogens with one attached hydrogen (secondary N) is 1. The van der Waals surface area contributed by atoms with E-state index in [1.807, 2.05) is 18.2 Å². The molecular formula is C37H43ClN4O6S. The van der Waals surface area contributed by atoms with E-state index in [4.69, 9.17) is 25.6 Å². The summed E-state index contributed by atoms with van der Waals surface area (Å²) in [6, 6.07) is 13.2. The van der Waals surface area contributed by atoms with Gasteiger partial charge in [0, 0.05) is 55.1 Å². The van der Waals surface area contributed by atoms with Gasteiger partial charge in [-0.25, -0.2) is 4.21 Å². The number of nitrogens with zero attached hydrogens (tertiary/aromatic N) is 3. The quantitative estimate of drug-likeness (QED) is 0.300. The zero-order chi connectivity index (χ0) is 34.0. The molecule has 4 aliphatic rings. The third kappa shape index (κ3) is 7.30. The average Bonchev–Trinajstić information content (AvgIpc) is 3.55. The van der Waals surface area contributed by atoms with E-state index in [2.05, 4.69) is 43.4 Å². The number of ether oxygens (including phenoxy) is 2. The van der Waals surface area contributed by atoms with Crippen LogP contribution in [0.1, 0.15) is 72.1 Å². The molecule has 2 aliphatic heterocycles. The van der Waals surface area contributed by atoms with E-state index in [9.17, 15) is 13.8 Å². The molecule has 1 aromatic heterocycles. The van der Waals surface area contributed by atoms with Crippen molar-refractivity contribution in [2.45, 2.75) is 69.3 Å². The van der Waals surface area contributed by atoms with Crippen LogP contribution in [0.15, 0.2) is 69.8 Å². The van der Waals surface area contributed by atoms with Gasteiger partial charge in [0.25, 0.3) is 5.91 Å². The lowest BCUT2D eigenvalue weighted by Crippen LogP contribution is -2.49. The van der Waals surface area contributed by atoms with E-state index < -0.39 is 21.7 Å². The van der Waals surface area contributed by atoms with Gasteiger partial charge in [0.15, 0.2) is 0 Å². The zero-order valence-electron chi connectivity index (χ0n) is 27.8. The normalized spacial score (nSPS) is 29.0. The highest BCUT2D eigenvalue weighted by Crippen LogP contribution is 2.47. The molecule has 3 aromatic rings. The van der Waals surface area contributed by atoms with Crippen LogP contribution in [0, 0.1) is 11.8 Å². The second-order valence-electron chi connectivity index (χ2n) is 13.8. The molecule has 1 N–H and O–H groups in total. The molecule has 2 bridgehead atoms. The summed E-state index contributed by atoms with van der Waals surface area (Å²) in [6.07, 6.45) is 12.2. The summed E-state index contributed by atoms with van der Waals surface area (Å²) < 4.78 is 38.5. The predicted molar refractivity (Wildman–Crippen MR) is 188 cm³/mol. The van der Waals surface area contributed by atoms with Crippen LogP contribution in [-0.2, 0) is 37.7 Å². The Morgan fingerprint density at radius 3 is 2.88 bits per heavy atom. The molecule has 10 nitrogen and oxygen atoms in total. The number of carbonyl (C=O) groups is 2. The molecule has 3 heterocycles. The topological polar surface area (TPSA) is 123 Å². The van der Waals surface area contributed by atoms with Crippen molar-refractivity contribution in [1.82, 2.24) is 9.88 Å². The summed E-state index contributed by atoms with van der Waals surface area (Å²) in [7, 11) is -1.66. The van der Waals surface area contributed by atoms with Gasteiger partial charge < -0.3 is 18.9 Å². The second kappa shape index (κ2) is 14.3. The van der Waals surface area contributed by atoms with Crippen LogP contribution in [0.2, 0.25) is 5.02 Å². The van der Waals surface area contributed by atoms with Gasteiger partial charge >= 0.3 is 0 Å². The van der Waals surface area contributed by atoms with Gasteiger partial charge in [-0.05, 0) is 98.2 Å². The van der Waals surface area contributed by atoms with Crippen molar-refractivity contribution in [3.05, 3.63) is 88.3 Å². The Morgan fingerprint density at radius 2 is 2.08 bits per heavy atom. The number of benzene rings is 2. The fourth-order valence-corrected chi connectivity index (χ4v) is 9.77. The number of amides is 2. The second-order valence-corrected chi connectivity index (χ2v) is 16.3. The number of hydrogen-bond acceptors (Lipinski definition) is 8. The Morgan fingerprint density at radius 1 is 1.18 bits per heavy atom. The lowest BCUT2D eigenvalue weighted by molar-refractivity contribution is -0.119. The Kier molecular flexibility index (Phi) is 9.86. The number of allylic oxidation sites excluding steroid dienone is 1. The van der Waals surface area contributed by atoms with Crippen molar-refractivity contribution in [1.29, 1.82) is 0 Å². The molecule has 12 heteroatoms. The molecule has 5 atom stereocenters. The summed E-state index contributed by atoms with van der Waals surface area (Å²) >= 11 is 6.44. The minimum absolute atomic E-state index is 0.0352. The maximum atomic E-state index is 14.2. The van der Waals surface area contributed by atoms with Crippen molar-refractivity contribution < 1.29 is 27.8 Å². The Hall–Kier alpha value is -3.67. The highest BCUT2D eigenvalue weighted by molar-refractivity contribution is 7.92. The number of anilines is 1. The highest BCUT2D eigenvalue weighted by atomic mass is 35.5. The largest absolute Gasteiger partial charge is 0.490 e. The van der Waals surface area contributed by atoms with E-state index in [1.165, 1.54) is 17.4 Å². The van der Waals surface area contributed by atoms with E-state index in [0.29, 0.717) is 54.7 Å². The average molecular weight is 707 g/mol.